The van der Waals surface area contributed by atoms with Gasteiger partial charge in [0.15, 0.2) is 5.82 Å². The molecule has 3 heterocycles. The normalized spacial score (nSPS) is 12.0. The van der Waals surface area contributed by atoms with E-state index in [0.29, 0.717) is 0 Å². The van der Waals surface area contributed by atoms with Crippen LogP contribution in [-0.2, 0) is 17.4 Å². The van der Waals surface area contributed by atoms with Crippen LogP contribution in [0.2, 0.25) is 0 Å². The summed E-state index contributed by atoms with van der Waals surface area (Å²) in [6.07, 6.45) is 0.0847. The summed E-state index contributed by atoms with van der Waals surface area (Å²) in [7, 11) is 0. The number of hydrogen-bond acceptors (Lipinski definition) is 4. The molecule has 0 fully saturated rings. The number of alkyl halides is 3. The summed E-state index contributed by atoms with van der Waals surface area (Å²) in [5.74, 6) is -0.221. The molecule has 1 amide bonds. The van der Waals surface area contributed by atoms with Crippen molar-refractivity contribution in [3.63, 3.8) is 0 Å². The minimum atomic E-state index is -4.47. The Kier molecular flexibility index (Phi) is 3.87. The summed E-state index contributed by atoms with van der Waals surface area (Å²) >= 11 is 0.883. The fourth-order valence-corrected chi connectivity index (χ4v) is 3.63. The van der Waals surface area contributed by atoms with E-state index in [1.165, 1.54) is 0 Å². The van der Waals surface area contributed by atoms with Crippen molar-refractivity contribution in [3.8, 4) is 0 Å². The number of aromatic nitrogens is 3. The molecule has 0 unspecified atom stereocenters. The van der Waals surface area contributed by atoms with Crippen molar-refractivity contribution < 1.29 is 18.0 Å². The third kappa shape index (κ3) is 3.01. The molecule has 1 aromatic carbocycles. The topological polar surface area (TPSA) is 59.3 Å². The number of benzene rings is 1. The summed E-state index contributed by atoms with van der Waals surface area (Å²) in [5, 5.41) is 5.51. The summed E-state index contributed by atoms with van der Waals surface area (Å²) in [4.78, 5) is 20.4. The molecule has 3 aromatic heterocycles. The van der Waals surface area contributed by atoms with Gasteiger partial charge >= 0.3 is 6.18 Å². The fraction of sp³-hybridized carbons (Fsp3) is 0.118. The van der Waals surface area contributed by atoms with E-state index in [9.17, 15) is 18.0 Å². The Labute approximate surface area is 149 Å². The first-order valence-electron chi connectivity index (χ1n) is 7.56. The molecule has 132 valence electrons. The smallest absolute Gasteiger partial charge is 0.308 e. The molecule has 4 rings (SSSR count). The van der Waals surface area contributed by atoms with Gasteiger partial charge in [-0.3, -0.25) is 14.2 Å². The Morgan fingerprint density at radius 1 is 1.23 bits per heavy atom. The first-order valence-corrected chi connectivity index (χ1v) is 8.44. The number of pyridine rings is 1. The first kappa shape index (κ1) is 16.5. The predicted octanol–water partition coefficient (Wildman–Crippen LogP) is 4.14. The maximum atomic E-state index is 12.9. The van der Waals surface area contributed by atoms with Gasteiger partial charge in [-0.15, -0.1) is 11.3 Å². The van der Waals surface area contributed by atoms with Crippen LogP contribution in [-0.4, -0.2) is 20.3 Å². The molecule has 5 nitrogen and oxygen atoms in total. The van der Waals surface area contributed by atoms with Crippen LogP contribution in [0.5, 0.6) is 0 Å². The zero-order valence-corrected chi connectivity index (χ0v) is 13.9. The molecule has 0 aliphatic rings. The van der Waals surface area contributed by atoms with Gasteiger partial charge < -0.3 is 5.32 Å². The minimum absolute atomic E-state index is 0.0920. The lowest BCUT2D eigenvalue weighted by molar-refractivity contribution is -0.141. The molecule has 0 saturated carbocycles. The van der Waals surface area contributed by atoms with Gasteiger partial charge in [0.1, 0.15) is 16.9 Å². The number of amides is 1. The molecule has 9 heteroatoms. The average molecular weight is 376 g/mol. The number of fused-ring (bicyclic) bond motifs is 2. The highest BCUT2D eigenvalue weighted by molar-refractivity contribution is 7.16. The van der Waals surface area contributed by atoms with Crippen molar-refractivity contribution >= 4 is 38.7 Å². The lowest BCUT2D eigenvalue weighted by Crippen LogP contribution is -2.14. The largest absolute Gasteiger partial charge is 0.432 e. The third-order valence-corrected chi connectivity index (χ3v) is 4.84. The van der Waals surface area contributed by atoms with Gasteiger partial charge in [-0.05, 0) is 17.0 Å². The Bertz CT molecular complexity index is 1120. The number of thiazole rings is 1. The molecule has 1 N–H and O–H groups in total. The van der Waals surface area contributed by atoms with Crippen molar-refractivity contribution in [1.82, 2.24) is 14.4 Å². The van der Waals surface area contributed by atoms with Crippen LogP contribution in [0.25, 0.3) is 15.6 Å². The lowest BCUT2D eigenvalue weighted by atomic mass is 10.1. The molecule has 0 saturated heterocycles. The molecular weight excluding hydrogens is 365 g/mol. The predicted molar refractivity (Wildman–Crippen MR) is 92.1 cm³/mol. The van der Waals surface area contributed by atoms with Gasteiger partial charge in [-0.25, -0.2) is 4.98 Å². The van der Waals surface area contributed by atoms with E-state index in [4.69, 9.17) is 0 Å². The minimum Gasteiger partial charge on any atom is -0.308 e. The van der Waals surface area contributed by atoms with Gasteiger partial charge in [0, 0.05) is 23.2 Å². The van der Waals surface area contributed by atoms with E-state index in [1.54, 1.807) is 12.4 Å². The van der Waals surface area contributed by atoms with Crippen molar-refractivity contribution in [1.29, 1.82) is 0 Å². The molecule has 26 heavy (non-hydrogen) atoms. The number of imidazole rings is 1. The number of carbonyl (C=O) groups excluding carboxylic acids is 1. The van der Waals surface area contributed by atoms with E-state index < -0.39 is 11.9 Å². The molecule has 0 bridgehead atoms. The summed E-state index contributed by atoms with van der Waals surface area (Å²) < 4.78 is 39.6. The van der Waals surface area contributed by atoms with Crippen molar-refractivity contribution in [2.45, 2.75) is 12.6 Å². The molecule has 0 atom stereocenters. The fourth-order valence-electron chi connectivity index (χ4n) is 2.68. The Morgan fingerprint density at radius 2 is 2.08 bits per heavy atom. The highest BCUT2D eigenvalue weighted by atomic mass is 32.1. The highest BCUT2D eigenvalue weighted by Gasteiger charge is 2.35. The van der Waals surface area contributed by atoms with E-state index in [-0.39, 0.29) is 23.0 Å². The number of nitrogens with one attached hydrogen (secondary N) is 1. The SMILES string of the molecule is O=C(Cc1ccc2cnccc2c1)Nc1ncn2c(C(F)(F)F)csc12. The van der Waals surface area contributed by atoms with Crippen LogP contribution in [0.3, 0.4) is 0 Å². The Morgan fingerprint density at radius 3 is 2.88 bits per heavy atom. The van der Waals surface area contributed by atoms with Crippen LogP contribution in [0, 0.1) is 0 Å². The van der Waals surface area contributed by atoms with Gasteiger partial charge in [-0.2, -0.15) is 13.2 Å². The number of hydrogen-bond donors (Lipinski definition) is 1. The zero-order valence-electron chi connectivity index (χ0n) is 13.1. The van der Waals surface area contributed by atoms with E-state index in [2.05, 4.69) is 15.3 Å². The van der Waals surface area contributed by atoms with Crippen LogP contribution >= 0.6 is 11.3 Å². The molecule has 4 aromatic rings. The highest BCUT2D eigenvalue weighted by Crippen LogP contribution is 2.34. The lowest BCUT2D eigenvalue weighted by Gasteiger charge is -2.04. The third-order valence-electron chi connectivity index (χ3n) is 3.88. The number of carbonyl (C=O) groups is 1. The second-order valence-electron chi connectivity index (χ2n) is 5.67. The van der Waals surface area contributed by atoms with Gasteiger partial charge in [-0.1, -0.05) is 18.2 Å². The molecule has 0 spiro atoms. The first-order chi connectivity index (χ1) is 12.4. The monoisotopic (exact) mass is 376 g/mol. The summed E-state index contributed by atoms with van der Waals surface area (Å²) in [5.41, 5.74) is -0.0209. The molecule has 0 aliphatic heterocycles. The Balaban J connectivity index is 1.54. The number of anilines is 1. The summed E-state index contributed by atoms with van der Waals surface area (Å²) in [6.45, 7) is 0. The van der Waals surface area contributed by atoms with Crippen LogP contribution < -0.4 is 5.32 Å². The Hall–Kier alpha value is -2.94. The average Bonchev–Trinajstić information content (AvgIpc) is 3.17. The van der Waals surface area contributed by atoms with Crippen LogP contribution in [0.1, 0.15) is 11.3 Å². The maximum absolute atomic E-state index is 12.9. The second-order valence-corrected chi connectivity index (χ2v) is 6.53. The van der Waals surface area contributed by atoms with Crippen molar-refractivity contribution in [3.05, 3.63) is 59.6 Å². The van der Waals surface area contributed by atoms with E-state index in [1.807, 2.05) is 24.3 Å². The van der Waals surface area contributed by atoms with Crippen molar-refractivity contribution in [2.24, 2.45) is 0 Å². The molecule has 0 radical (unpaired) electrons. The maximum Gasteiger partial charge on any atom is 0.432 e. The van der Waals surface area contributed by atoms with Crippen LogP contribution in [0.4, 0.5) is 19.0 Å². The zero-order chi connectivity index (χ0) is 18.3. The van der Waals surface area contributed by atoms with Gasteiger partial charge in [0.2, 0.25) is 5.91 Å². The van der Waals surface area contributed by atoms with Gasteiger partial charge in [0.25, 0.3) is 0 Å². The molecule has 0 aliphatic carbocycles. The number of halogens is 3. The molecular formula is C17H11F3N4OS. The van der Waals surface area contributed by atoms with Crippen LogP contribution in [0.15, 0.2) is 48.4 Å². The quantitative estimate of drug-likeness (QED) is 0.585. The van der Waals surface area contributed by atoms with E-state index in [0.717, 1.165) is 43.8 Å². The second kappa shape index (κ2) is 6.10. The number of nitrogens with zero attached hydrogens (tertiary/aromatic N) is 3. The van der Waals surface area contributed by atoms with Crippen molar-refractivity contribution in [2.75, 3.05) is 5.32 Å². The standard InChI is InChI=1S/C17H11F3N4OS/c18-17(19,20)13-8-26-16-15(22-9-24(13)16)23-14(25)6-10-1-2-12-7-21-4-3-11(12)5-10/h1-5,7-9H,6H2,(H,23,25). The van der Waals surface area contributed by atoms with E-state index >= 15 is 0 Å². The summed E-state index contributed by atoms with van der Waals surface area (Å²) in [6, 6.07) is 7.42. The number of rotatable bonds is 3. The van der Waals surface area contributed by atoms with Gasteiger partial charge in [0.05, 0.1) is 6.42 Å².